The number of hydrogen-bond acceptors (Lipinski definition) is 3. The Morgan fingerprint density at radius 2 is 2.21 bits per heavy atom. The summed E-state index contributed by atoms with van der Waals surface area (Å²) in [6.45, 7) is 4.78. The number of rotatable bonds is 2. The highest BCUT2D eigenvalue weighted by Gasteiger charge is 2.30. The quantitative estimate of drug-likeness (QED) is 0.835. The van der Waals surface area contributed by atoms with Crippen LogP contribution in [0.4, 0.5) is 5.69 Å². The molecule has 1 aliphatic rings. The predicted octanol–water partition coefficient (Wildman–Crippen LogP) is 0.997. The number of piperazine rings is 1. The van der Waals surface area contributed by atoms with Crippen LogP contribution in [-0.4, -0.2) is 42.9 Å². The van der Waals surface area contributed by atoms with Gasteiger partial charge in [0, 0.05) is 25.8 Å². The maximum Gasteiger partial charge on any atom is 0.256 e. The van der Waals surface area contributed by atoms with E-state index in [0.29, 0.717) is 18.7 Å². The number of amides is 2. The number of benzene rings is 1. The Hall–Kier alpha value is -2.04. The first-order valence-electron chi connectivity index (χ1n) is 6.41. The molecule has 1 heterocycles. The summed E-state index contributed by atoms with van der Waals surface area (Å²) in [6.07, 6.45) is 0. The van der Waals surface area contributed by atoms with Gasteiger partial charge in [0.25, 0.3) is 5.91 Å². The summed E-state index contributed by atoms with van der Waals surface area (Å²) in [5.74, 6) is -0.204. The smallest absolute Gasteiger partial charge is 0.256 e. The topological polar surface area (TPSA) is 61.4 Å². The minimum Gasteiger partial charge on any atom is -0.387 e. The fraction of sp³-hybridized carbons (Fsp3) is 0.429. The average Bonchev–Trinajstić information content (AvgIpc) is 2.41. The van der Waals surface area contributed by atoms with Gasteiger partial charge >= 0.3 is 0 Å². The standard InChI is InChI=1S/C14H19N3O2/c1-9-4-5-11(12(8-9)15-3)14(19)17-7-6-16-13(18)10(17)2/h4-5,8,10,15H,6-7H2,1-3H3,(H,16,18). The number of anilines is 1. The largest absolute Gasteiger partial charge is 0.387 e. The summed E-state index contributed by atoms with van der Waals surface area (Å²) < 4.78 is 0. The van der Waals surface area contributed by atoms with Crippen LogP contribution in [0.25, 0.3) is 0 Å². The summed E-state index contributed by atoms with van der Waals surface area (Å²) in [7, 11) is 1.79. The second-order valence-corrected chi connectivity index (χ2v) is 4.76. The maximum atomic E-state index is 12.6. The van der Waals surface area contributed by atoms with Gasteiger partial charge in [0.1, 0.15) is 6.04 Å². The predicted molar refractivity (Wildman–Crippen MR) is 74.2 cm³/mol. The van der Waals surface area contributed by atoms with Gasteiger partial charge in [-0.3, -0.25) is 9.59 Å². The Bertz CT molecular complexity index is 513. The molecule has 2 rings (SSSR count). The van der Waals surface area contributed by atoms with Gasteiger partial charge in [-0.2, -0.15) is 0 Å². The van der Waals surface area contributed by atoms with E-state index in [1.54, 1.807) is 18.9 Å². The van der Waals surface area contributed by atoms with E-state index in [1.807, 2.05) is 25.1 Å². The third kappa shape index (κ3) is 2.54. The van der Waals surface area contributed by atoms with Crippen LogP contribution in [0.5, 0.6) is 0 Å². The van der Waals surface area contributed by atoms with Crippen molar-refractivity contribution in [3.05, 3.63) is 29.3 Å². The molecule has 19 heavy (non-hydrogen) atoms. The van der Waals surface area contributed by atoms with Gasteiger partial charge in [0.05, 0.1) is 5.56 Å². The van der Waals surface area contributed by atoms with Crippen molar-refractivity contribution in [3.8, 4) is 0 Å². The second kappa shape index (κ2) is 5.30. The lowest BCUT2D eigenvalue weighted by Crippen LogP contribution is -2.55. The van der Waals surface area contributed by atoms with Crippen molar-refractivity contribution < 1.29 is 9.59 Å². The summed E-state index contributed by atoms with van der Waals surface area (Å²) in [6, 6.07) is 5.22. The number of nitrogens with zero attached hydrogens (tertiary/aromatic N) is 1. The summed E-state index contributed by atoms with van der Waals surface area (Å²) in [4.78, 5) is 25.8. The summed E-state index contributed by atoms with van der Waals surface area (Å²) in [5.41, 5.74) is 2.49. The van der Waals surface area contributed by atoms with Crippen LogP contribution < -0.4 is 10.6 Å². The molecule has 1 aromatic rings. The normalized spacial score (nSPS) is 19.0. The van der Waals surface area contributed by atoms with E-state index in [4.69, 9.17) is 0 Å². The zero-order chi connectivity index (χ0) is 14.0. The zero-order valence-electron chi connectivity index (χ0n) is 11.5. The van der Waals surface area contributed by atoms with E-state index < -0.39 is 6.04 Å². The minimum absolute atomic E-state index is 0.0993. The molecule has 0 saturated carbocycles. The molecule has 5 nitrogen and oxygen atoms in total. The van der Waals surface area contributed by atoms with Crippen LogP contribution in [-0.2, 0) is 4.79 Å². The van der Waals surface area contributed by atoms with E-state index in [-0.39, 0.29) is 11.8 Å². The highest BCUT2D eigenvalue weighted by atomic mass is 16.2. The fourth-order valence-corrected chi connectivity index (χ4v) is 2.27. The number of nitrogens with one attached hydrogen (secondary N) is 2. The van der Waals surface area contributed by atoms with Crippen LogP contribution >= 0.6 is 0 Å². The van der Waals surface area contributed by atoms with Crippen molar-refractivity contribution in [1.82, 2.24) is 10.2 Å². The molecule has 2 amide bonds. The number of aryl methyl sites for hydroxylation is 1. The van der Waals surface area contributed by atoms with Crippen molar-refractivity contribution in [2.24, 2.45) is 0 Å². The van der Waals surface area contributed by atoms with Crippen LogP contribution in [0.15, 0.2) is 18.2 Å². The van der Waals surface area contributed by atoms with Gasteiger partial charge in [-0.1, -0.05) is 6.07 Å². The lowest BCUT2D eigenvalue weighted by Gasteiger charge is -2.33. The average molecular weight is 261 g/mol. The van der Waals surface area contributed by atoms with Crippen LogP contribution in [0.3, 0.4) is 0 Å². The van der Waals surface area contributed by atoms with Crippen LogP contribution in [0, 0.1) is 6.92 Å². The SMILES string of the molecule is CNc1cc(C)ccc1C(=O)N1CCNC(=O)C1C. The molecule has 0 radical (unpaired) electrons. The van der Waals surface area contributed by atoms with Gasteiger partial charge < -0.3 is 15.5 Å². The van der Waals surface area contributed by atoms with Gasteiger partial charge in [-0.25, -0.2) is 0 Å². The first kappa shape index (κ1) is 13.4. The van der Waals surface area contributed by atoms with Crippen molar-refractivity contribution in [1.29, 1.82) is 0 Å². The summed E-state index contributed by atoms with van der Waals surface area (Å²) >= 11 is 0. The molecule has 1 atom stereocenters. The Morgan fingerprint density at radius 1 is 1.47 bits per heavy atom. The molecule has 0 aromatic heterocycles. The molecule has 102 valence electrons. The molecule has 0 spiro atoms. The monoisotopic (exact) mass is 261 g/mol. The Kier molecular flexibility index (Phi) is 3.74. The molecular weight excluding hydrogens is 242 g/mol. The van der Waals surface area contributed by atoms with Crippen molar-refractivity contribution in [3.63, 3.8) is 0 Å². The second-order valence-electron chi connectivity index (χ2n) is 4.76. The van der Waals surface area contributed by atoms with Gasteiger partial charge in [0.2, 0.25) is 5.91 Å². The molecule has 2 N–H and O–H groups in total. The Labute approximate surface area is 113 Å². The van der Waals surface area contributed by atoms with Crippen LogP contribution in [0.2, 0.25) is 0 Å². The van der Waals surface area contributed by atoms with Crippen LogP contribution in [0.1, 0.15) is 22.8 Å². The third-order valence-corrected chi connectivity index (χ3v) is 3.43. The first-order chi connectivity index (χ1) is 9.04. The molecule has 0 bridgehead atoms. The van der Waals surface area contributed by atoms with Gasteiger partial charge in [0.15, 0.2) is 0 Å². The molecule has 1 aromatic carbocycles. The zero-order valence-corrected chi connectivity index (χ0v) is 11.5. The molecule has 1 aliphatic heterocycles. The molecule has 1 fully saturated rings. The molecule has 1 saturated heterocycles. The molecule has 1 unspecified atom stereocenters. The highest BCUT2D eigenvalue weighted by Crippen LogP contribution is 2.20. The van der Waals surface area contributed by atoms with E-state index in [2.05, 4.69) is 10.6 Å². The van der Waals surface area contributed by atoms with Gasteiger partial charge in [-0.05, 0) is 31.5 Å². The van der Waals surface area contributed by atoms with Crippen molar-refractivity contribution in [2.45, 2.75) is 19.9 Å². The minimum atomic E-state index is -0.424. The van der Waals surface area contributed by atoms with E-state index in [9.17, 15) is 9.59 Å². The molecule has 5 heteroatoms. The van der Waals surface area contributed by atoms with E-state index in [1.165, 1.54) is 0 Å². The Balaban J connectivity index is 2.31. The Morgan fingerprint density at radius 3 is 2.89 bits per heavy atom. The number of carbonyl (C=O) groups is 2. The summed E-state index contributed by atoms with van der Waals surface area (Å²) in [5, 5.41) is 5.79. The van der Waals surface area contributed by atoms with Crippen molar-refractivity contribution >= 4 is 17.5 Å². The molecular formula is C14H19N3O2. The first-order valence-corrected chi connectivity index (χ1v) is 6.41. The van der Waals surface area contributed by atoms with Gasteiger partial charge in [-0.15, -0.1) is 0 Å². The molecule has 0 aliphatic carbocycles. The van der Waals surface area contributed by atoms with E-state index >= 15 is 0 Å². The van der Waals surface area contributed by atoms with E-state index in [0.717, 1.165) is 11.3 Å². The lowest BCUT2D eigenvalue weighted by atomic mass is 10.1. The third-order valence-electron chi connectivity index (χ3n) is 3.43. The fourth-order valence-electron chi connectivity index (χ4n) is 2.27. The lowest BCUT2D eigenvalue weighted by molar-refractivity contribution is -0.127. The maximum absolute atomic E-state index is 12.6. The number of carbonyl (C=O) groups excluding carboxylic acids is 2. The number of hydrogen-bond donors (Lipinski definition) is 2. The van der Waals surface area contributed by atoms with Crippen molar-refractivity contribution in [2.75, 3.05) is 25.5 Å². The highest BCUT2D eigenvalue weighted by molar-refractivity contribution is 6.02.